The smallest absolute Gasteiger partial charge is 0.402 e. The van der Waals surface area contributed by atoms with Crippen LogP contribution in [-0.2, 0) is 14.2 Å². The SMILES string of the molecule is CC(C)(O)OC(=O)Oc1ccc(C(c2ccc(OC(=O)OC(C)(C)O)cc2)c2ccc(OC(=O)OC(C)(C)O)cc2)cc1. The number of aliphatic hydroxyl groups is 3. The van der Waals surface area contributed by atoms with Crippen molar-refractivity contribution in [2.24, 2.45) is 0 Å². The summed E-state index contributed by atoms with van der Waals surface area (Å²) in [6.45, 7) is 7.76. The Morgan fingerprint density at radius 3 is 0.860 bits per heavy atom. The zero-order valence-corrected chi connectivity index (χ0v) is 24.5. The lowest BCUT2D eigenvalue weighted by atomic mass is 9.85. The Morgan fingerprint density at radius 2 is 0.674 bits per heavy atom. The molecule has 0 fully saturated rings. The number of ether oxygens (including phenoxy) is 6. The maximum absolute atomic E-state index is 11.9. The molecule has 0 saturated carbocycles. The predicted octanol–water partition coefficient (Wildman–Crippen LogP) is 5.60. The zero-order chi connectivity index (χ0) is 32.0. The highest BCUT2D eigenvalue weighted by Crippen LogP contribution is 2.35. The molecule has 0 saturated heterocycles. The van der Waals surface area contributed by atoms with Crippen LogP contribution in [0.4, 0.5) is 14.4 Å². The summed E-state index contributed by atoms with van der Waals surface area (Å²) in [5.41, 5.74) is 2.32. The molecule has 12 heteroatoms. The highest BCUT2D eigenvalue weighted by molar-refractivity contribution is 5.65. The molecule has 0 atom stereocenters. The molecule has 0 aliphatic carbocycles. The quantitative estimate of drug-likeness (QED) is 0.0918. The second-order valence-corrected chi connectivity index (χ2v) is 10.8. The molecule has 12 nitrogen and oxygen atoms in total. The van der Waals surface area contributed by atoms with Crippen molar-refractivity contribution >= 4 is 18.5 Å². The van der Waals surface area contributed by atoms with Gasteiger partial charge in [-0.3, -0.25) is 0 Å². The van der Waals surface area contributed by atoms with E-state index in [4.69, 9.17) is 28.4 Å². The molecule has 0 unspecified atom stereocenters. The Morgan fingerprint density at radius 1 is 0.465 bits per heavy atom. The number of rotatable bonds is 9. The van der Waals surface area contributed by atoms with Gasteiger partial charge in [-0.15, -0.1) is 0 Å². The fraction of sp³-hybridized carbons (Fsp3) is 0.323. The molecule has 3 aromatic carbocycles. The highest BCUT2D eigenvalue weighted by Gasteiger charge is 2.24. The van der Waals surface area contributed by atoms with Gasteiger partial charge in [0.05, 0.1) is 0 Å². The van der Waals surface area contributed by atoms with E-state index in [-0.39, 0.29) is 17.2 Å². The van der Waals surface area contributed by atoms with Gasteiger partial charge < -0.3 is 43.7 Å². The van der Waals surface area contributed by atoms with Crippen LogP contribution in [0.25, 0.3) is 0 Å². The summed E-state index contributed by atoms with van der Waals surface area (Å²) < 4.78 is 29.7. The topological polar surface area (TPSA) is 167 Å². The summed E-state index contributed by atoms with van der Waals surface area (Å²) in [6.07, 6.45) is -3.22. The lowest BCUT2D eigenvalue weighted by molar-refractivity contribution is -0.143. The molecule has 3 aromatic rings. The third-order valence-electron chi connectivity index (χ3n) is 5.24. The maximum Gasteiger partial charge on any atom is 0.516 e. The Kier molecular flexibility index (Phi) is 10.0. The molecular formula is C31H34O12. The minimum atomic E-state index is -1.70. The van der Waals surface area contributed by atoms with Crippen LogP contribution >= 0.6 is 0 Å². The molecule has 0 aliphatic rings. The molecule has 0 radical (unpaired) electrons. The van der Waals surface area contributed by atoms with Crippen LogP contribution in [0.1, 0.15) is 64.2 Å². The van der Waals surface area contributed by atoms with Crippen molar-refractivity contribution in [1.82, 2.24) is 0 Å². The number of carbonyl (C=O) groups excluding carboxylic acids is 3. The monoisotopic (exact) mass is 598 g/mol. The lowest BCUT2D eigenvalue weighted by Gasteiger charge is -2.21. The summed E-state index contributed by atoms with van der Waals surface area (Å²) >= 11 is 0. The zero-order valence-electron chi connectivity index (χ0n) is 24.5. The van der Waals surface area contributed by atoms with Crippen LogP contribution in [-0.4, -0.2) is 51.1 Å². The van der Waals surface area contributed by atoms with Gasteiger partial charge in [0, 0.05) is 47.5 Å². The predicted molar refractivity (Wildman–Crippen MR) is 150 cm³/mol. The first-order valence-electron chi connectivity index (χ1n) is 13.1. The number of carbonyl (C=O) groups is 3. The summed E-state index contributed by atoms with van der Waals surface area (Å²) in [6, 6.07) is 19.7. The minimum Gasteiger partial charge on any atom is -0.402 e. The van der Waals surface area contributed by atoms with Gasteiger partial charge in [0.25, 0.3) is 0 Å². The fourth-order valence-corrected chi connectivity index (χ4v) is 3.73. The molecule has 43 heavy (non-hydrogen) atoms. The standard InChI is InChI=1S/C31H34O12/c1-29(2,35)41-26(32)38-22-13-7-19(8-14-22)25(20-9-15-23(16-10-20)39-27(33)42-30(3,4)36)21-11-17-24(18-12-21)40-28(34)43-31(5,6)37/h7-18,25,35-37H,1-6H3. The van der Waals surface area contributed by atoms with Crippen LogP contribution < -0.4 is 14.2 Å². The van der Waals surface area contributed by atoms with E-state index in [0.29, 0.717) is 0 Å². The van der Waals surface area contributed by atoms with E-state index in [1.165, 1.54) is 41.5 Å². The molecular weight excluding hydrogens is 564 g/mol. The van der Waals surface area contributed by atoms with Crippen LogP contribution in [0.2, 0.25) is 0 Å². The average Bonchev–Trinajstić information content (AvgIpc) is 2.84. The average molecular weight is 599 g/mol. The molecule has 0 aliphatic heterocycles. The van der Waals surface area contributed by atoms with Gasteiger partial charge in [-0.1, -0.05) is 36.4 Å². The van der Waals surface area contributed by atoms with E-state index < -0.39 is 41.7 Å². The van der Waals surface area contributed by atoms with Crippen molar-refractivity contribution in [2.75, 3.05) is 0 Å². The molecule has 3 N–H and O–H groups in total. The van der Waals surface area contributed by atoms with Gasteiger partial charge in [0.1, 0.15) is 17.2 Å². The van der Waals surface area contributed by atoms with Crippen molar-refractivity contribution in [3.63, 3.8) is 0 Å². The van der Waals surface area contributed by atoms with E-state index in [2.05, 4.69) is 0 Å². The molecule has 0 spiro atoms. The molecule has 3 rings (SSSR count). The largest absolute Gasteiger partial charge is 0.516 e. The Balaban J connectivity index is 1.88. The van der Waals surface area contributed by atoms with Gasteiger partial charge in [-0.05, 0) is 53.1 Å². The first kappa shape index (κ1) is 32.9. The van der Waals surface area contributed by atoms with Gasteiger partial charge in [-0.2, -0.15) is 0 Å². The second-order valence-electron chi connectivity index (χ2n) is 10.8. The van der Waals surface area contributed by atoms with Crippen LogP contribution in [0.5, 0.6) is 17.2 Å². The van der Waals surface area contributed by atoms with Gasteiger partial charge in [-0.25, -0.2) is 14.4 Å². The van der Waals surface area contributed by atoms with Crippen molar-refractivity contribution in [3.8, 4) is 17.2 Å². The Labute approximate surface area is 248 Å². The van der Waals surface area contributed by atoms with Crippen molar-refractivity contribution in [1.29, 1.82) is 0 Å². The van der Waals surface area contributed by atoms with Gasteiger partial charge in [0.15, 0.2) is 0 Å². The first-order chi connectivity index (χ1) is 19.9. The number of hydrogen-bond donors (Lipinski definition) is 3. The van der Waals surface area contributed by atoms with E-state index in [1.807, 2.05) is 0 Å². The van der Waals surface area contributed by atoms with Crippen LogP contribution in [0.3, 0.4) is 0 Å². The normalized spacial score (nSPS) is 11.9. The maximum atomic E-state index is 11.9. The van der Waals surface area contributed by atoms with Crippen molar-refractivity contribution in [2.45, 2.75) is 64.8 Å². The molecule has 0 heterocycles. The first-order valence-corrected chi connectivity index (χ1v) is 13.1. The molecule has 0 aromatic heterocycles. The Bertz CT molecular complexity index is 1220. The van der Waals surface area contributed by atoms with E-state index in [0.717, 1.165) is 16.7 Å². The number of hydrogen-bond acceptors (Lipinski definition) is 12. The molecule has 230 valence electrons. The summed E-state index contributed by atoms with van der Waals surface area (Å²) in [5, 5.41) is 29.0. The summed E-state index contributed by atoms with van der Waals surface area (Å²) in [7, 11) is 0. The summed E-state index contributed by atoms with van der Waals surface area (Å²) in [5.74, 6) is -4.97. The summed E-state index contributed by atoms with van der Waals surface area (Å²) in [4.78, 5) is 35.8. The van der Waals surface area contributed by atoms with E-state index in [9.17, 15) is 29.7 Å². The van der Waals surface area contributed by atoms with E-state index >= 15 is 0 Å². The van der Waals surface area contributed by atoms with Crippen LogP contribution in [0.15, 0.2) is 72.8 Å². The second kappa shape index (κ2) is 13.1. The third-order valence-corrected chi connectivity index (χ3v) is 5.24. The molecule has 0 amide bonds. The van der Waals surface area contributed by atoms with Crippen LogP contribution in [0, 0.1) is 0 Å². The highest BCUT2D eigenvalue weighted by atomic mass is 16.8. The molecule has 0 bridgehead atoms. The van der Waals surface area contributed by atoms with Gasteiger partial charge in [0.2, 0.25) is 17.4 Å². The third kappa shape index (κ3) is 11.3. The number of benzene rings is 3. The van der Waals surface area contributed by atoms with Crippen molar-refractivity contribution in [3.05, 3.63) is 89.5 Å². The van der Waals surface area contributed by atoms with Gasteiger partial charge >= 0.3 is 18.5 Å². The lowest BCUT2D eigenvalue weighted by Crippen LogP contribution is -2.28. The fourth-order valence-electron chi connectivity index (χ4n) is 3.73. The Hall–Kier alpha value is -4.65. The van der Waals surface area contributed by atoms with Crippen molar-refractivity contribution < 1.29 is 58.1 Å². The minimum absolute atomic E-state index is 0.180. The van der Waals surface area contributed by atoms with E-state index in [1.54, 1.807) is 72.8 Å².